The average Bonchev–Trinajstić information content (AvgIpc) is 2.67. The van der Waals surface area contributed by atoms with Crippen LogP contribution in [0.4, 0.5) is 5.95 Å². The van der Waals surface area contributed by atoms with Crippen LogP contribution in [-0.4, -0.2) is 54.5 Å². The topological polar surface area (TPSA) is 59.5 Å². The minimum atomic E-state index is -0.00420. The lowest BCUT2D eigenvalue weighted by Gasteiger charge is -2.40. The Morgan fingerprint density at radius 2 is 1.93 bits per heavy atom. The summed E-state index contributed by atoms with van der Waals surface area (Å²) >= 11 is 0. The van der Waals surface area contributed by atoms with Crippen molar-refractivity contribution < 1.29 is 9.47 Å². The molecule has 6 heteroatoms. The molecule has 2 aliphatic heterocycles. The van der Waals surface area contributed by atoms with E-state index in [1.54, 1.807) is 7.11 Å². The van der Waals surface area contributed by atoms with Crippen molar-refractivity contribution in [1.82, 2.24) is 15.3 Å². The van der Waals surface area contributed by atoms with Crippen molar-refractivity contribution in [3.8, 4) is 5.75 Å². The van der Waals surface area contributed by atoms with E-state index in [-0.39, 0.29) is 5.60 Å². The Hall–Kier alpha value is -1.92. The van der Waals surface area contributed by atoms with E-state index in [9.17, 15) is 0 Å². The molecule has 0 radical (unpaired) electrons. The van der Waals surface area contributed by atoms with Gasteiger partial charge in [0, 0.05) is 37.2 Å². The number of rotatable bonds is 4. The van der Waals surface area contributed by atoms with E-state index in [1.165, 1.54) is 0 Å². The molecule has 0 saturated carbocycles. The highest BCUT2D eigenvalue weighted by atomic mass is 16.5. The molecule has 4 rings (SSSR count). The van der Waals surface area contributed by atoms with Gasteiger partial charge < -0.3 is 19.7 Å². The average molecular weight is 385 g/mol. The first-order valence-corrected chi connectivity index (χ1v) is 10.4. The van der Waals surface area contributed by atoms with E-state index >= 15 is 0 Å². The molecule has 2 saturated heterocycles. The van der Waals surface area contributed by atoms with Gasteiger partial charge in [-0.2, -0.15) is 0 Å². The van der Waals surface area contributed by atoms with Gasteiger partial charge in [-0.25, -0.2) is 9.97 Å². The summed E-state index contributed by atoms with van der Waals surface area (Å²) in [5.41, 5.74) is 1.98. The molecule has 1 aromatic carbocycles. The maximum Gasteiger partial charge on any atom is 0.226 e. The number of aryl methyl sites for hydroxylation is 1. The van der Waals surface area contributed by atoms with E-state index in [2.05, 4.69) is 24.1 Å². The highest BCUT2D eigenvalue weighted by Crippen LogP contribution is 2.27. The number of methoxy groups -OCH3 is 1. The van der Waals surface area contributed by atoms with Gasteiger partial charge >= 0.3 is 0 Å². The number of anilines is 1. The number of hydrogen-bond donors (Lipinski definition) is 1. The zero-order valence-electron chi connectivity index (χ0n) is 17.5. The maximum atomic E-state index is 5.85. The van der Waals surface area contributed by atoms with Gasteiger partial charge in [-0.15, -0.1) is 0 Å². The number of ether oxygens (including phenoxy) is 2. The van der Waals surface area contributed by atoms with Crippen LogP contribution in [0.5, 0.6) is 5.75 Å². The first-order chi connectivity index (χ1) is 13.4. The standard InChI is InChI=1S/C22H32N4O2/c1-15-19-13-18(27-4)5-6-20(19)25-21(23-15)26-10-7-16(8-11-26)24-17-9-12-28-22(2,3)14-17/h5-6,13,16-17,24H,7-12,14H2,1-4H3/t17-/m0/s1. The van der Waals surface area contributed by atoms with Crippen LogP contribution in [-0.2, 0) is 4.74 Å². The van der Waals surface area contributed by atoms with Gasteiger partial charge in [-0.3, -0.25) is 0 Å². The summed E-state index contributed by atoms with van der Waals surface area (Å²) in [5.74, 6) is 1.69. The summed E-state index contributed by atoms with van der Waals surface area (Å²) in [7, 11) is 1.69. The minimum Gasteiger partial charge on any atom is -0.497 e. The second kappa shape index (κ2) is 7.84. The summed E-state index contributed by atoms with van der Waals surface area (Å²) in [6.45, 7) is 9.28. The molecule has 2 aliphatic rings. The minimum absolute atomic E-state index is 0.00420. The van der Waals surface area contributed by atoms with Crippen LogP contribution in [0.25, 0.3) is 10.9 Å². The van der Waals surface area contributed by atoms with Crippen molar-refractivity contribution in [3.05, 3.63) is 23.9 Å². The van der Waals surface area contributed by atoms with Gasteiger partial charge in [0.15, 0.2) is 0 Å². The molecule has 1 atom stereocenters. The summed E-state index contributed by atoms with van der Waals surface area (Å²) in [6, 6.07) is 7.13. The Balaban J connectivity index is 1.39. The number of benzene rings is 1. The Morgan fingerprint density at radius 1 is 1.14 bits per heavy atom. The molecule has 0 amide bonds. The molecule has 1 aromatic heterocycles. The zero-order chi connectivity index (χ0) is 19.7. The molecule has 1 N–H and O–H groups in total. The summed E-state index contributed by atoms with van der Waals surface area (Å²) < 4.78 is 11.2. The molecular weight excluding hydrogens is 352 g/mol. The van der Waals surface area contributed by atoms with E-state index in [1.807, 2.05) is 25.1 Å². The quantitative estimate of drug-likeness (QED) is 0.871. The van der Waals surface area contributed by atoms with Gasteiger partial charge in [0.1, 0.15) is 5.75 Å². The molecule has 0 spiro atoms. The van der Waals surface area contributed by atoms with Crippen LogP contribution in [0.1, 0.15) is 45.2 Å². The number of nitrogens with one attached hydrogen (secondary N) is 1. The summed E-state index contributed by atoms with van der Waals surface area (Å²) in [5, 5.41) is 4.93. The molecular formula is C22H32N4O2. The van der Waals surface area contributed by atoms with Gasteiger partial charge in [-0.05, 0) is 64.7 Å². The van der Waals surface area contributed by atoms with Crippen molar-refractivity contribution >= 4 is 16.9 Å². The number of hydrogen-bond acceptors (Lipinski definition) is 6. The SMILES string of the molecule is COc1ccc2nc(N3CCC(N[C@H]4CCOC(C)(C)C4)CC3)nc(C)c2c1. The predicted molar refractivity (Wildman–Crippen MR) is 112 cm³/mol. The Morgan fingerprint density at radius 3 is 2.64 bits per heavy atom. The molecule has 0 aliphatic carbocycles. The second-order valence-corrected chi connectivity index (χ2v) is 8.72. The van der Waals surface area contributed by atoms with Crippen LogP contribution in [0.2, 0.25) is 0 Å². The van der Waals surface area contributed by atoms with Gasteiger partial charge in [0.2, 0.25) is 5.95 Å². The van der Waals surface area contributed by atoms with Crippen molar-refractivity contribution in [3.63, 3.8) is 0 Å². The zero-order valence-corrected chi connectivity index (χ0v) is 17.5. The molecule has 0 bridgehead atoms. The molecule has 28 heavy (non-hydrogen) atoms. The molecule has 2 fully saturated rings. The van der Waals surface area contributed by atoms with Gasteiger partial charge in [0.25, 0.3) is 0 Å². The summed E-state index contributed by atoms with van der Waals surface area (Å²) in [6.07, 6.45) is 4.45. The molecule has 0 unspecified atom stereocenters. The van der Waals surface area contributed by atoms with Gasteiger partial charge in [0.05, 0.1) is 23.9 Å². The number of fused-ring (bicyclic) bond motifs is 1. The Labute approximate surface area is 167 Å². The number of nitrogens with zero attached hydrogens (tertiary/aromatic N) is 3. The van der Waals surface area contributed by atoms with E-state index in [0.717, 1.165) is 73.7 Å². The Kier molecular flexibility index (Phi) is 5.43. The first-order valence-electron chi connectivity index (χ1n) is 10.4. The monoisotopic (exact) mass is 384 g/mol. The van der Waals surface area contributed by atoms with E-state index in [4.69, 9.17) is 19.4 Å². The van der Waals surface area contributed by atoms with Gasteiger partial charge in [-0.1, -0.05) is 0 Å². The van der Waals surface area contributed by atoms with Crippen molar-refractivity contribution in [2.45, 2.75) is 64.1 Å². The number of piperidine rings is 1. The third-order valence-corrected chi connectivity index (χ3v) is 6.03. The third-order valence-electron chi connectivity index (χ3n) is 6.03. The van der Waals surface area contributed by atoms with Crippen LogP contribution in [0.15, 0.2) is 18.2 Å². The highest BCUT2D eigenvalue weighted by Gasteiger charge is 2.31. The fourth-order valence-electron chi connectivity index (χ4n) is 4.47. The second-order valence-electron chi connectivity index (χ2n) is 8.72. The largest absolute Gasteiger partial charge is 0.497 e. The maximum absolute atomic E-state index is 5.85. The van der Waals surface area contributed by atoms with E-state index in [0.29, 0.717) is 12.1 Å². The molecule has 152 valence electrons. The van der Waals surface area contributed by atoms with Crippen molar-refractivity contribution in [2.24, 2.45) is 0 Å². The van der Waals surface area contributed by atoms with Crippen LogP contribution in [0.3, 0.4) is 0 Å². The lowest BCUT2D eigenvalue weighted by atomic mass is 9.92. The van der Waals surface area contributed by atoms with Crippen LogP contribution in [0, 0.1) is 6.92 Å². The third kappa shape index (κ3) is 4.23. The molecule has 3 heterocycles. The number of aromatic nitrogens is 2. The van der Waals surface area contributed by atoms with Crippen LogP contribution >= 0.6 is 0 Å². The fourth-order valence-corrected chi connectivity index (χ4v) is 4.47. The molecule has 2 aromatic rings. The first kappa shape index (κ1) is 19.4. The van der Waals surface area contributed by atoms with Crippen LogP contribution < -0.4 is 15.0 Å². The normalized spacial score (nSPS) is 23.1. The predicted octanol–water partition coefficient (Wildman–Crippen LogP) is 3.46. The van der Waals surface area contributed by atoms with E-state index < -0.39 is 0 Å². The molecule has 6 nitrogen and oxygen atoms in total. The lowest BCUT2D eigenvalue weighted by molar-refractivity contribution is -0.0644. The smallest absolute Gasteiger partial charge is 0.226 e. The van der Waals surface area contributed by atoms with Crippen molar-refractivity contribution in [2.75, 3.05) is 31.7 Å². The fraction of sp³-hybridized carbons (Fsp3) is 0.636. The summed E-state index contributed by atoms with van der Waals surface area (Å²) in [4.78, 5) is 11.9. The lowest BCUT2D eigenvalue weighted by Crippen LogP contribution is -2.50. The Bertz CT molecular complexity index is 831. The van der Waals surface area contributed by atoms with Crippen molar-refractivity contribution in [1.29, 1.82) is 0 Å². The highest BCUT2D eigenvalue weighted by molar-refractivity contribution is 5.83.